The lowest BCUT2D eigenvalue weighted by Crippen LogP contribution is -1.91. The van der Waals surface area contributed by atoms with Gasteiger partial charge in [-0.1, -0.05) is 23.9 Å². The van der Waals surface area contributed by atoms with Crippen molar-refractivity contribution in [3.63, 3.8) is 0 Å². The molecule has 1 heterocycles. The van der Waals surface area contributed by atoms with Gasteiger partial charge in [-0.05, 0) is 24.6 Å². The number of hydrogen-bond acceptors (Lipinski definition) is 5. The molecule has 84 valence electrons. The number of thioether (sulfide) groups is 1. The Kier molecular flexibility index (Phi) is 3.14. The Balaban J connectivity index is 2.11. The van der Waals surface area contributed by atoms with Gasteiger partial charge < -0.3 is 10.2 Å². The highest BCUT2D eigenvalue weighted by Gasteiger charge is 2.11. The molecule has 1 atom stereocenters. The largest absolute Gasteiger partial charge is 0.416 e. The topological polar surface area (TPSA) is 64.9 Å². The minimum atomic E-state index is 0.239. The third kappa shape index (κ3) is 2.55. The van der Waals surface area contributed by atoms with E-state index in [0.29, 0.717) is 11.1 Å². The predicted octanol–water partition coefficient (Wildman–Crippen LogP) is 2.81. The van der Waals surface area contributed by atoms with Crippen LogP contribution in [0, 0.1) is 6.92 Å². The van der Waals surface area contributed by atoms with Gasteiger partial charge in [0.05, 0.1) is 0 Å². The lowest BCUT2D eigenvalue weighted by molar-refractivity contribution is 0.428. The van der Waals surface area contributed by atoms with Crippen LogP contribution in [0.2, 0.25) is 0 Å². The Morgan fingerprint density at radius 3 is 2.81 bits per heavy atom. The van der Waals surface area contributed by atoms with Gasteiger partial charge in [0.25, 0.3) is 5.22 Å². The number of nitrogen functional groups attached to an aromatic ring is 1. The summed E-state index contributed by atoms with van der Waals surface area (Å²) in [7, 11) is 0. The van der Waals surface area contributed by atoms with Crippen molar-refractivity contribution in [1.29, 1.82) is 0 Å². The average molecular weight is 235 g/mol. The lowest BCUT2D eigenvalue weighted by Gasteiger charge is -2.08. The zero-order valence-electron chi connectivity index (χ0n) is 9.18. The first-order valence-electron chi connectivity index (χ1n) is 4.97. The molecule has 1 aromatic carbocycles. The fourth-order valence-electron chi connectivity index (χ4n) is 1.36. The fourth-order valence-corrected chi connectivity index (χ4v) is 2.20. The van der Waals surface area contributed by atoms with Gasteiger partial charge in [0, 0.05) is 17.9 Å². The molecule has 0 radical (unpaired) electrons. The second-order valence-corrected chi connectivity index (χ2v) is 4.81. The van der Waals surface area contributed by atoms with Crippen LogP contribution >= 0.6 is 11.8 Å². The quantitative estimate of drug-likeness (QED) is 0.654. The van der Waals surface area contributed by atoms with Gasteiger partial charge in [0.1, 0.15) is 0 Å². The van der Waals surface area contributed by atoms with Crippen molar-refractivity contribution < 1.29 is 4.42 Å². The summed E-state index contributed by atoms with van der Waals surface area (Å²) in [4.78, 5) is 0. The van der Waals surface area contributed by atoms with E-state index in [2.05, 4.69) is 17.1 Å². The standard InChI is InChI=1S/C11H13N3OS/c1-7(9-4-3-5-10(12)6-9)16-11-14-13-8(2)15-11/h3-7H,12H2,1-2H3. The van der Waals surface area contributed by atoms with E-state index in [-0.39, 0.29) is 5.25 Å². The summed E-state index contributed by atoms with van der Waals surface area (Å²) in [5.74, 6) is 0.585. The summed E-state index contributed by atoms with van der Waals surface area (Å²) in [5.41, 5.74) is 7.66. The maximum absolute atomic E-state index is 5.73. The lowest BCUT2D eigenvalue weighted by atomic mass is 10.1. The van der Waals surface area contributed by atoms with E-state index in [1.165, 1.54) is 11.8 Å². The highest BCUT2D eigenvalue weighted by molar-refractivity contribution is 7.99. The zero-order valence-corrected chi connectivity index (χ0v) is 9.99. The molecule has 0 amide bonds. The highest BCUT2D eigenvalue weighted by Crippen LogP contribution is 2.34. The second-order valence-electron chi connectivity index (χ2n) is 3.52. The second kappa shape index (κ2) is 4.57. The monoisotopic (exact) mass is 235 g/mol. The summed E-state index contributed by atoms with van der Waals surface area (Å²) in [6.07, 6.45) is 0. The summed E-state index contributed by atoms with van der Waals surface area (Å²) >= 11 is 1.53. The number of aryl methyl sites for hydroxylation is 1. The van der Waals surface area contributed by atoms with Gasteiger partial charge in [-0.2, -0.15) is 0 Å². The summed E-state index contributed by atoms with van der Waals surface area (Å²) in [6, 6.07) is 7.82. The third-order valence-electron chi connectivity index (χ3n) is 2.17. The van der Waals surface area contributed by atoms with Crippen molar-refractivity contribution in [2.24, 2.45) is 0 Å². The molecule has 5 heteroatoms. The average Bonchev–Trinajstić information content (AvgIpc) is 2.64. The summed E-state index contributed by atoms with van der Waals surface area (Å²) < 4.78 is 5.32. The minimum Gasteiger partial charge on any atom is -0.416 e. The molecule has 2 rings (SSSR count). The Hall–Kier alpha value is -1.49. The van der Waals surface area contributed by atoms with Crippen LogP contribution in [0.15, 0.2) is 33.9 Å². The van der Waals surface area contributed by atoms with E-state index < -0.39 is 0 Å². The van der Waals surface area contributed by atoms with Crippen molar-refractivity contribution in [1.82, 2.24) is 10.2 Å². The van der Waals surface area contributed by atoms with Crippen molar-refractivity contribution in [3.05, 3.63) is 35.7 Å². The van der Waals surface area contributed by atoms with E-state index >= 15 is 0 Å². The Morgan fingerprint density at radius 1 is 1.38 bits per heavy atom. The minimum absolute atomic E-state index is 0.239. The maximum atomic E-state index is 5.73. The molecule has 2 aromatic rings. The van der Waals surface area contributed by atoms with E-state index in [4.69, 9.17) is 10.2 Å². The van der Waals surface area contributed by atoms with Crippen molar-refractivity contribution >= 4 is 17.4 Å². The van der Waals surface area contributed by atoms with Gasteiger partial charge in [0.15, 0.2) is 0 Å². The molecule has 16 heavy (non-hydrogen) atoms. The van der Waals surface area contributed by atoms with Crippen molar-refractivity contribution in [3.8, 4) is 0 Å². The number of anilines is 1. The molecule has 0 spiro atoms. The van der Waals surface area contributed by atoms with Gasteiger partial charge in [-0.3, -0.25) is 0 Å². The number of benzene rings is 1. The molecule has 0 bridgehead atoms. The number of hydrogen-bond donors (Lipinski definition) is 1. The fraction of sp³-hybridized carbons (Fsp3) is 0.273. The van der Waals surface area contributed by atoms with Crippen molar-refractivity contribution in [2.45, 2.75) is 24.3 Å². The molecule has 0 aliphatic carbocycles. The van der Waals surface area contributed by atoms with Gasteiger partial charge >= 0.3 is 0 Å². The maximum Gasteiger partial charge on any atom is 0.277 e. The molecule has 1 unspecified atom stereocenters. The highest BCUT2D eigenvalue weighted by atomic mass is 32.2. The van der Waals surface area contributed by atoms with E-state index in [1.54, 1.807) is 6.92 Å². The zero-order chi connectivity index (χ0) is 11.5. The van der Waals surface area contributed by atoms with Gasteiger partial charge in [-0.25, -0.2) is 0 Å². The van der Waals surface area contributed by atoms with Crippen LogP contribution in [0.25, 0.3) is 0 Å². The predicted molar refractivity (Wildman–Crippen MR) is 64.2 cm³/mol. The first-order chi connectivity index (χ1) is 7.65. The van der Waals surface area contributed by atoms with Crippen LogP contribution in [0.3, 0.4) is 0 Å². The molecule has 0 aliphatic heterocycles. The van der Waals surface area contributed by atoms with Crippen molar-refractivity contribution in [2.75, 3.05) is 5.73 Å². The molecule has 0 fully saturated rings. The van der Waals surface area contributed by atoms with Crippen LogP contribution in [0.4, 0.5) is 5.69 Å². The van der Waals surface area contributed by atoms with Gasteiger partial charge in [-0.15, -0.1) is 10.2 Å². The molecule has 0 saturated heterocycles. The van der Waals surface area contributed by atoms with Crippen LogP contribution in [0.5, 0.6) is 0 Å². The molecule has 2 N–H and O–H groups in total. The first-order valence-corrected chi connectivity index (χ1v) is 5.85. The Morgan fingerprint density at radius 2 is 2.19 bits per heavy atom. The molecular formula is C11H13N3OS. The molecule has 1 aromatic heterocycles. The van der Waals surface area contributed by atoms with Crippen LogP contribution in [-0.2, 0) is 0 Å². The van der Waals surface area contributed by atoms with Crippen LogP contribution in [-0.4, -0.2) is 10.2 Å². The van der Waals surface area contributed by atoms with Crippen LogP contribution < -0.4 is 5.73 Å². The normalized spacial score (nSPS) is 12.6. The third-order valence-corrected chi connectivity index (χ3v) is 3.16. The number of nitrogens with zero attached hydrogens (tertiary/aromatic N) is 2. The molecule has 0 saturated carbocycles. The number of rotatable bonds is 3. The van der Waals surface area contributed by atoms with Gasteiger partial charge in [0.2, 0.25) is 5.89 Å². The van der Waals surface area contributed by atoms with E-state index in [9.17, 15) is 0 Å². The molecule has 4 nitrogen and oxygen atoms in total. The van der Waals surface area contributed by atoms with Crippen LogP contribution in [0.1, 0.15) is 23.6 Å². The molecule has 0 aliphatic rings. The van der Waals surface area contributed by atoms with E-state index in [1.807, 2.05) is 24.3 Å². The molecular weight excluding hydrogens is 222 g/mol. The SMILES string of the molecule is Cc1nnc(SC(C)c2cccc(N)c2)o1. The van der Waals surface area contributed by atoms with E-state index in [0.717, 1.165) is 11.3 Å². The summed E-state index contributed by atoms with van der Waals surface area (Å²) in [6.45, 7) is 3.86. The summed E-state index contributed by atoms with van der Waals surface area (Å²) in [5, 5.41) is 8.57. The Labute approximate surface area is 98.2 Å². The number of aromatic nitrogens is 2. The first kappa shape index (κ1) is 11.0. The number of nitrogens with two attached hydrogens (primary N) is 1. The smallest absolute Gasteiger partial charge is 0.277 e. The Bertz CT molecular complexity index is 484.